The first-order valence-corrected chi connectivity index (χ1v) is 6.71. The van der Waals surface area contributed by atoms with E-state index in [0.717, 1.165) is 17.1 Å². The number of Topliss-reactive ketones (excluding diaryl/α,β-unsaturated/α-hetero) is 1. The van der Waals surface area contributed by atoms with Crippen LogP contribution in [0.3, 0.4) is 0 Å². The van der Waals surface area contributed by atoms with E-state index in [0.29, 0.717) is 12.0 Å². The van der Waals surface area contributed by atoms with Crippen molar-refractivity contribution in [1.82, 2.24) is 0 Å². The summed E-state index contributed by atoms with van der Waals surface area (Å²) in [6.07, 6.45) is 4.17. The molecule has 0 N–H and O–H groups in total. The van der Waals surface area contributed by atoms with Crippen molar-refractivity contribution < 1.29 is 14.3 Å². The van der Waals surface area contributed by atoms with Crippen LogP contribution in [0.4, 0.5) is 0 Å². The summed E-state index contributed by atoms with van der Waals surface area (Å²) >= 11 is 0. The fraction of sp³-hybridized carbons (Fsp3) is 0.167. The van der Waals surface area contributed by atoms with Gasteiger partial charge in [0.1, 0.15) is 11.5 Å². The van der Waals surface area contributed by atoms with Gasteiger partial charge >= 0.3 is 0 Å². The quantitative estimate of drug-likeness (QED) is 0.751. The second-order valence-electron chi connectivity index (χ2n) is 4.53. The number of rotatable bonds is 6. The fourth-order valence-electron chi connectivity index (χ4n) is 1.91. The molecule has 2 rings (SSSR count). The molecule has 2 aromatic carbocycles. The Labute approximate surface area is 124 Å². The molecule has 0 saturated heterocycles. The Balaban J connectivity index is 1.94. The number of ketones is 1. The van der Waals surface area contributed by atoms with Crippen LogP contribution in [-0.2, 0) is 0 Å². The zero-order valence-corrected chi connectivity index (χ0v) is 12.2. The molecule has 0 aliphatic carbocycles. The normalized spacial score (nSPS) is 10.6. The Morgan fingerprint density at radius 1 is 0.905 bits per heavy atom. The summed E-state index contributed by atoms with van der Waals surface area (Å²) in [6.45, 7) is 0. The van der Waals surface area contributed by atoms with E-state index >= 15 is 0 Å². The van der Waals surface area contributed by atoms with Crippen LogP contribution in [0.25, 0.3) is 6.08 Å². The number of hydrogen-bond acceptors (Lipinski definition) is 3. The van der Waals surface area contributed by atoms with Gasteiger partial charge in [-0.3, -0.25) is 4.79 Å². The average Bonchev–Trinajstić information content (AvgIpc) is 2.55. The van der Waals surface area contributed by atoms with Crippen molar-refractivity contribution in [2.45, 2.75) is 6.42 Å². The van der Waals surface area contributed by atoms with Crippen LogP contribution in [0.5, 0.6) is 11.5 Å². The molecule has 0 heterocycles. The molecular formula is C18H18O3. The zero-order valence-electron chi connectivity index (χ0n) is 12.2. The number of ether oxygens (including phenoxy) is 2. The molecular weight excluding hydrogens is 264 g/mol. The van der Waals surface area contributed by atoms with Crippen molar-refractivity contribution in [3.05, 3.63) is 65.7 Å². The summed E-state index contributed by atoms with van der Waals surface area (Å²) in [4.78, 5) is 12.0. The summed E-state index contributed by atoms with van der Waals surface area (Å²) in [5.74, 6) is 1.66. The molecule has 0 aromatic heterocycles. The molecule has 0 radical (unpaired) electrons. The third-order valence-corrected chi connectivity index (χ3v) is 3.14. The highest BCUT2D eigenvalue weighted by Crippen LogP contribution is 2.14. The molecule has 0 aliphatic heterocycles. The van der Waals surface area contributed by atoms with Crippen LogP contribution in [-0.4, -0.2) is 20.0 Å². The fourth-order valence-corrected chi connectivity index (χ4v) is 1.91. The van der Waals surface area contributed by atoms with E-state index in [1.807, 2.05) is 36.4 Å². The van der Waals surface area contributed by atoms with Gasteiger partial charge in [-0.25, -0.2) is 0 Å². The lowest BCUT2D eigenvalue weighted by Crippen LogP contribution is -1.96. The SMILES string of the molecule is COc1ccc(C=CCC(=O)c2ccc(OC)cc2)cc1. The van der Waals surface area contributed by atoms with Crippen molar-refractivity contribution in [1.29, 1.82) is 0 Å². The van der Waals surface area contributed by atoms with Crippen molar-refractivity contribution in [2.24, 2.45) is 0 Å². The minimum Gasteiger partial charge on any atom is -0.497 e. The minimum atomic E-state index is 0.0856. The monoisotopic (exact) mass is 282 g/mol. The predicted octanol–water partition coefficient (Wildman–Crippen LogP) is 3.99. The Hall–Kier alpha value is -2.55. The van der Waals surface area contributed by atoms with E-state index in [-0.39, 0.29) is 5.78 Å². The smallest absolute Gasteiger partial charge is 0.166 e. The maximum atomic E-state index is 12.0. The third kappa shape index (κ3) is 4.21. The zero-order chi connectivity index (χ0) is 15.1. The lowest BCUT2D eigenvalue weighted by Gasteiger charge is -2.01. The number of benzene rings is 2. The van der Waals surface area contributed by atoms with E-state index in [9.17, 15) is 4.79 Å². The Kier molecular flexibility index (Phi) is 5.16. The van der Waals surface area contributed by atoms with Gasteiger partial charge in [0.2, 0.25) is 0 Å². The molecule has 21 heavy (non-hydrogen) atoms. The van der Waals surface area contributed by atoms with Crippen LogP contribution >= 0.6 is 0 Å². The van der Waals surface area contributed by atoms with Crippen LogP contribution in [0, 0.1) is 0 Å². The second kappa shape index (κ2) is 7.29. The largest absolute Gasteiger partial charge is 0.497 e. The molecule has 0 unspecified atom stereocenters. The van der Waals surface area contributed by atoms with E-state index in [2.05, 4.69) is 0 Å². The lowest BCUT2D eigenvalue weighted by atomic mass is 10.1. The predicted molar refractivity (Wildman–Crippen MR) is 84.0 cm³/mol. The van der Waals surface area contributed by atoms with Crippen molar-refractivity contribution in [3.8, 4) is 11.5 Å². The van der Waals surface area contributed by atoms with Crippen molar-refractivity contribution >= 4 is 11.9 Å². The molecule has 0 spiro atoms. The van der Waals surface area contributed by atoms with E-state index < -0.39 is 0 Å². The molecule has 0 fully saturated rings. The molecule has 0 bridgehead atoms. The topological polar surface area (TPSA) is 35.5 Å². The summed E-state index contributed by atoms with van der Waals surface area (Å²) < 4.78 is 10.2. The highest BCUT2D eigenvalue weighted by molar-refractivity contribution is 5.97. The van der Waals surface area contributed by atoms with E-state index in [1.54, 1.807) is 38.5 Å². The maximum Gasteiger partial charge on any atom is 0.166 e. The molecule has 0 saturated carbocycles. The number of allylic oxidation sites excluding steroid dienone is 1. The Morgan fingerprint density at radius 2 is 1.43 bits per heavy atom. The molecule has 0 atom stereocenters. The summed E-state index contributed by atoms with van der Waals surface area (Å²) in [7, 11) is 3.24. The van der Waals surface area contributed by atoms with Crippen molar-refractivity contribution in [2.75, 3.05) is 14.2 Å². The average molecular weight is 282 g/mol. The van der Waals surface area contributed by atoms with Gasteiger partial charge in [0.25, 0.3) is 0 Å². The molecule has 0 aliphatic rings. The molecule has 3 nitrogen and oxygen atoms in total. The van der Waals surface area contributed by atoms with Gasteiger partial charge in [-0.1, -0.05) is 24.3 Å². The van der Waals surface area contributed by atoms with Gasteiger partial charge in [0.15, 0.2) is 5.78 Å². The maximum absolute atomic E-state index is 12.0. The van der Waals surface area contributed by atoms with Gasteiger partial charge in [-0.2, -0.15) is 0 Å². The highest BCUT2D eigenvalue weighted by atomic mass is 16.5. The van der Waals surface area contributed by atoms with Crippen LogP contribution < -0.4 is 9.47 Å². The number of hydrogen-bond donors (Lipinski definition) is 0. The van der Waals surface area contributed by atoms with Crippen molar-refractivity contribution in [3.63, 3.8) is 0 Å². The molecule has 108 valence electrons. The summed E-state index contributed by atoms with van der Waals surface area (Å²) in [5, 5.41) is 0. The standard InChI is InChI=1S/C18H18O3/c1-20-16-10-6-14(7-11-16)4-3-5-18(19)15-8-12-17(21-2)13-9-15/h3-4,6-13H,5H2,1-2H3. The third-order valence-electron chi connectivity index (χ3n) is 3.14. The van der Waals surface area contributed by atoms with Gasteiger partial charge < -0.3 is 9.47 Å². The van der Waals surface area contributed by atoms with E-state index in [1.165, 1.54) is 0 Å². The summed E-state index contributed by atoms with van der Waals surface area (Å²) in [5.41, 5.74) is 1.73. The van der Waals surface area contributed by atoms with Crippen LogP contribution in [0.2, 0.25) is 0 Å². The van der Waals surface area contributed by atoms with E-state index in [4.69, 9.17) is 9.47 Å². The first-order chi connectivity index (χ1) is 10.2. The van der Waals surface area contributed by atoms with Gasteiger partial charge in [0.05, 0.1) is 14.2 Å². The van der Waals surface area contributed by atoms with Gasteiger partial charge in [-0.05, 0) is 42.0 Å². The first kappa shape index (κ1) is 14.9. The number of methoxy groups -OCH3 is 2. The Morgan fingerprint density at radius 3 is 1.95 bits per heavy atom. The molecule has 0 amide bonds. The second-order valence-corrected chi connectivity index (χ2v) is 4.53. The van der Waals surface area contributed by atoms with Crippen LogP contribution in [0.15, 0.2) is 54.6 Å². The first-order valence-electron chi connectivity index (χ1n) is 6.71. The lowest BCUT2D eigenvalue weighted by molar-refractivity contribution is 0.0996. The Bertz CT molecular complexity index is 610. The molecule has 2 aromatic rings. The minimum absolute atomic E-state index is 0.0856. The highest BCUT2D eigenvalue weighted by Gasteiger charge is 2.03. The summed E-state index contributed by atoms with van der Waals surface area (Å²) in [6, 6.07) is 14.8. The number of carbonyl (C=O) groups excluding carboxylic acids is 1. The number of carbonyl (C=O) groups is 1. The van der Waals surface area contributed by atoms with Gasteiger partial charge in [0, 0.05) is 12.0 Å². The molecule has 3 heteroatoms. The van der Waals surface area contributed by atoms with Crippen LogP contribution in [0.1, 0.15) is 22.3 Å². The van der Waals surface area contributed by atoms with Gasteiger partial charge in [-0.15, -0.1) is 0 Å².